The van der Waals surface area contributed by atoms with Gasteiger partial charge in [0.1, 0.15) is 6.61 Å². The molecule has 0 saturated heterocycles. The number of thiazole rings is 1. The summed E-state index contributed by atoms with van der Waals surface area (Å²) in [6, 6.07) is 8.16. The molecule has 0 bridgehead atoms. The van der Waals surface area contributed by atoms with Crippen molar-refractivity contribution in [1.29, 1.82) is 0 Å². The molecule has 0 aliphatic heterocycles. The van der Waals surface area contributed by atoms with Crippen molar-refractivity contribution in [3.8, 4) is 0 Å². The van der Waals surface area contributed by atoms with Crippen LogP contribution in [-0.4, -0.2) is 33.6 Å². The quantitative estimate of drug-likeness (QED) is 0.877. The van der Waals surface area contributed by atoms with Crippen LogP contribution in [0.4, 0.5) is 4.79 Å². The Bertz CT molecular complexity index is 672. The van der Waals surface area contributed by atoms with E-state index in [4.69, 9.17) is 4.74 Å². The Morgan fingerprint density at radius 1 is 1.35 bits per heavy atom. The molecule has 0 saturated carbocycles. The second-order valence-electron chi connectivity index (χ2n) is 4.87. The third-order valence-corrected chi connectivity index (χ3v) is 4.34. The van der Waals surface area contributed by atoms with Gasteiger partial charge < -0.3 is 9.84 Å². The molecule has 1 heterocycles. The van der Waals surface area contributed by atoms with E-state index in [9.17, 15) is 14.7 Å². The summed E-state index contributed by atoms with van der Waals surface area (Å²) in [5, 5.41) is 9.53. The Kier molecular flexibility index (Phi) is 5.70. The van der Waals surface area contributed by atoms with Crippen LogP contribution in [0.1, 0.15) is 29.1 Å². The summed E-state index contributed by atoms with van der Waals surface area (Å²) in [6.45, 7) is 3.77. The highest BCUT2D eigenvalue weighted by Gasteiger charge is 2.33. The molecule has 0 aliphatic carbocycles. The standard InChI is InChI=1S/C16H18N2O4S/c1-3-18(13(15(19)20)14-11(2)17-10-23-14)16(21)22-9-12-7-5-4-6-8-12/h4-8,10,13H,3,9H2,1-2H3,(H,19,20). The van der Waals surface area contributed by atoms with E-state index < -0.39 is 18.1 Å². The third kappa shape index (κ3) is 4.07. The monoisotopic (exact) mass is 334 g/mol. The van der Waals surface area contributed by atoms with Crippen molar-refractivity contribution in [2.24, 2.45) is 0 Å². The number of carbonyl (C=O) groups excluding carboxylic acids is 1. The van der Waals surface area contributed by atoms with Crippen LogP contribution >= 0.6 is 11.3 Å². The molecule has 7 heteroatoms. The van der Waals surface area contributed by atoms with Gasteiger partial charge in [0.05, 0.1) is 16.1 Å². The van der Waals surface area contributed by atoms with Crippen molar-refractivity contribution in [2.75, 3.05) is 6.54 Å². The number of ether oxygens (including phenoxy) is 1. The van der Waals surface area contributed by atoms with E-state index in [-0.39, 0.29) is 13.2 Å². The first kappa shape index (κ1) is 17.0. The first-order valence-electron chi connectivity index (χ1n) is 7.14. The average Bonchev–Trinajstić information content (AvgIpc) is 2.96. The number of hydrogen-bond acceptors (Lipinski definition) is 5. The lowest BCUT2D eigenvalue weighted by Crippen LogP contribution is -2.39. The van der Waals surface area contributed by atoms with E-state index >= 15 is 0 Å². The summed E-state index contributed by atoms with van der Waals surface area (Å²) in [7, 11) is 0. The van der Waals surface area contributed by atoms with E-state index in [1.807, 2.05) is 30.3 Å². The first-order valence-corrected chi connectivity index (χ1v) is 8.02. The second kappa shape index (κ2) is 7.73. The van der Waals surface area contributed by atoms with Crippen molar-refractivity contribution < 1.29 is 19.4 Å². The molecule has 1 amide bonds. The van der Waals surface area contributed by atoms with Gasteiger partial charge in [0, 0.05) is 6.54 Å². The molecular formula is C16H18N2O4S. The molecule has 0 aliphatic rings. The molecule has 2 aromatic rings. The van der Waals surface area contributed by atoms with Crippen molar-refractivity contribution in [3.05, 3.63) is 52.0 Å². The van der Waals surface area contributed by atoms with Crippen molar-refractivity contribution in [2.45, 2.75) is 26.5 Å². The maximum Gasteiger partial charge on any atom is 0.411 e. The summed E-state index contributed by atoms with van der Waals surface area (Å²) in [6.07, 6.45) is -0.656. The number of carboxylic acid groups (broad SMARTS) is 1. The van der Waals surface area contributed by atoms with Crippen LogP contribution in [0.3, 0.4) is 0 Å². The van der Waals surface area contributed by atoms with Gasteiger partial charge in [0.15, 0.2) is 6.04 Å². The van der Waals surface area contributed by atoms with Gasteiger partial charge in [0.2, 0.25) is 0 Å². The Morgan fingerprint density at radius 3 is 2.57 bits per heavy atom. The van der Waals surface area contributed by atoms with Crippen molar-refractivity contribution in [3.63, 3.8) is 0 Å². The molecule has 1 N–H and O–H groups in total. The Hall–Kier alpha value is -2.41. The smallest absolute Gasteiger partial charge is 0.411 e. The van der Waals surface area contributed by atoms with Gasteiger partial charge >= 0.3 is 12.1 Å². The molecule has 23 heavy (non-hydrogen) atoms. The number of aliphatic carboxylic acids is 1. The average molecular weight is 334 g/mol. The Labute approximate surface area is 138 Å². The minimum absolute atomic E-state index is 0.101. The summed E-state index contributed by atoms with van der Waals surface area (Å²) >= 11 is 1.22. The highest BCUT2D eigenvalue weighted by molar-refractivity contribution is 7.10. The van der Waals surface area contributed by atoms with E-state index in [2.05, 4.69) is 4.98 Å². The molecular weight excluding hydrogens is 316 g/mol. The predicted octanol–water partition coefficient (Wildman–Crippen LogP) is 3.24. The normalized spacial score (nSPS) is 11.7. The van der Waals surface area contributed by atoms with Gasteiger partial charge in [-0.2, -0.15) is 0 Å². The van der Waals surface area contributed by atoms with Gasteiger partial charge in [-0.05, 0) is 19.4 Å². The lowest BCUT2D eigenvalue weighted by molar-refractivity contribution is -0.142. The first-order chi connectivity index (χ1) is 11.0. The Morgan fingerprint density at radius 2 is 2.04 bits per heavy atom. The second-order valence-corrected chi connectivity index (χ2v) is 5.76. The number of amides is 1. The summed E-state index contributed by atoms with van der Waals surface area (Å²) in [4.78, 5) is 29.8. The van der Waals surface area contributed by atoms with E-state index in [0.29, 0.717) is 10.6 Å². The zero-order valence-electron chi connectivity index (χ0n) is 12.9. The van der Waals surface area contributed by atoms with E-state index in [0.717, 1.165) is 5.56 Å². The van der Waals surface area contributed by atoms with Crippen molar-refractivity contribution in [1.82, 2.24) is 9.88 Å². The number of nitrogens with zero attached hydrogens (tertiary/aromatic N) is 2. The SMILES string of the molecule is CCN(C(=O)OCc1ccccc1)C(C(=O)O)c1scnc1C. The molecule has 0 spiro atoms. The molecule has 1 aromatic carbocycles. The van der Waals surface area contributed by atoms with Crippen LogP contribution in [0.5, 0.6) is 0 Å². The Balaban J connectivity index is 2.14. The maximum absolute atomic E-state index is 12.3. The van der Waals surface area contributed by atoms with E-state index in [1.54, 1.807) is 19.4 Å². The largest absolute Gasteiger partial charge is 0.479 e. The molecule has 0 radical (unpaired) electrons. The number of carbonyl (C=O) groups is 2. The van der Waals surface area contributed by atoms with Crippen LogP contribution < -0.4 is 0 Å². The van der Waals surface area contributed by atoms with Crippen LogP contribution in [0.2, 0.25) is 0 Å². The minimum Gasteiger partial charge on any atom is -0.479 e. The highest BCUT2D eigenvalue weighted by atomic mass is 32.1. The predicted molar refractivity (Wildman–Crippen MR) is 86.2 cm³/mol. The number of rotatable bonds is 6. The number of benzene rings is 1. The molecule has 1 unspecified atom stereocenters. The fraction of sp³-hybridized carbons (Fsp3) is 0.312. The zero-order chi connectivity index (χ0) is 16.8. The van der Waals surface area contributed by atoms with Crippen molar-refractivity contribution >= 4 is 23.4 Å². The van der Waals surface area contributed by atoms with E-state index in [1.165, 1.54) is 16.2 Å². The number of likely N-dealkylation sites (N-methyl/N-ethyl adjacent to an activating group) is 1. The molecule has 1 aromatic heterocycles. The number of aryl methyl sites for hydroxylation is 1. The summed E-state index contributed by atoms with van der Waals surface area (Å²) < 4.78 is 5.26. The molecule has 0 fully saturated rings. The highest BCUT2D eigenvalue weighted by Crippen LogP contribution is 2.28. The van der Waals surface area contributed by atoms with Crippen LogP contribution in [0.25, 0.3) is 0 Å². The van der Waals surface area contributed by atoms with Gasteiger partial charge in [-0.25, -0.2) is 14.6 Å². The van der Waals surface area contributed by atoms with Crippen LogP contribution in [-0.2, 0) is 16.1 Å². The summed E-state index contributed by atoms with van der Waals surface area (Å²) in [5.74, 6) is -1.10. The number of hydrogen-bond donors (Lipinski definition) is 1. The number of aromatic nitrogens is 1. The molecule has 2 rings (SSSR count). The third-order valence-electron chi connectivity index (χ3n) is 3.36. The van der Waals surface area contributed by atoms with Gasteiger partial charge in [-0.3, -0.25) is 4.90 Å². The van der Waals surface area contributed by atoms with Crippen LogP contribution in [0.15, 0.2) is 35.8 Å². The number of carboxylic acids is 1. The summed E-state index contributed by atoms with van der Waals surface area (Å²) in [5.41, 5.74) is 3.03. The fourth-order valence-electron chi connectivity index (χ4n) is 2.18. The lowest BCUT2D eigenvalue weighted by Gasteiger charge is -2.26. The van der Waals surface area contributed by atoms with Gasteiger partial charge in [-0.15, -0.1) is 11.3 Å². The van der Waals surface area contributed by atoms with Gasteiger partial charge in [0.25, 0.3) is 0 Å². The molecule has 1 atom stereocenters. The maximum atomic E-state index is 12.3. The fourth-order valence-corrected chi connectivity index (χ4v) is 3.08. The topological polar surface area (TPSA) is 79.7 Å². The van der Waals surface area contributed by atoms with Crippen LogP contribution in [0, 0.1) is 6.92 Å². The van der Waals surface area contributed by atoms with Gasteiger partial charge in [-0.1, -0.05) is 30.3 Å². The lowest BCUT2D eigenvalue weighted by atomic mass is 10.2. The molecule has 6 nitrogen and oxygen atoms in total. The minimum atomic E-state index is -1.10. The molecule has 122 valence electrons. The zero-order valence-corrected chi connectivity index (χ0v) is 13.7.